The Hall–Kier alpha value is -2.01. The molecule has 4 nitrogen and oxygen atoms in total. The SMILES string of the molecule is CCc1ccc(Cn2c(N)nc3c(OC)cccc32)s1. The molecular formula is C15H17N3OS. The molecule has 0 spiro atoms. The Kier molecular flexibility index (Phi) is 3.36. The third kappa shape index (κ3) is 2.14. The minimum atomic E-state index is 0.524. The number of aryl methyl sites for hydroxylation is 1. The summed E-state index contributed by atoms with van der Waals surface area (Å²) in [4.78, 5) is 7.10. The van der Waals surface area contributed by atoms with Gasteiger partial charge in [0.25, 0.3) is 0 Å². The second-order valence-corrected chi connectivity index (χ2v) is 5.86. The first-order valence-corrected chi connectivity index (χ1v) is 7.41. The van der Waals surface area contributed by atoms with E-state index in [2.05, 4.69) is 24.0 Å². The molecule has 0 saturated carbocycles. The maximum Gasteiger partial charge on any atom is 0.201 e. The number of hydrogen-bond donors (Lipinski definition) is 1. The molecule has 0 unspecified atom stereocenters. The molecule has 2 N–H and O–H groups in total. The lowest BCUT2D eigenvalue weighted by atomic mass is 10.3. The van der Waals surface area contributed by atoms with Crippen LogP contribution in [-0.2, 0) is 13.0 Å². The van der Waals surface area contributed by atoms with Crippen molar-refractivity contribution in [3.05, 3.63) is 40.1 Å². The summed E-state index contributed by atoms with van der Waals surface area (Å²) in [6.07, 6.45) is 1.07. The Labute approximate surface area is 121 Å². The predicted octanol–water partition coefficient (Wildman–Crippen LogP) is 3.30. The van der Waals surface area contributed by atoms with E-state index in [1.807, 2.05) is 34.1 Å². The van der Waals surface area contributed by atoms with E-state index in [-0.39, 0.29) is 0 Å². The van der Waals surface area contributed by atoms with Crippen LogP contribution in [0.25, 0.3) is 11.0 Å². The predicted molar refractivity (Wildman–Crippen MR) is 83.5 cm³/mol. The molecule has 0 atom stereocenters. The summed E-state index contributed by atoms with van der Waals surface area (Å²) in [6, 6.07) is 10.2. The number of nitrogens with two attached hydrogens (primary N) is 1. The second-order valence-electron chi connectivity index (χ2n) is 4.61. The van der Waals surface area contributed by atoms with Gasteiger partial charge in [-0.1, -0.05) is 13.0 Å². The molecule has 104 valence electrons. The Morgan fingerprint density at radius 3 is 2.75 bits per heavy atom. The third-order valence-corrected chi connectivity index (χ3v) is 4.59. The summed E-state index contributed by atoms with van der Waals surface area (Å²) in [7, 11) is 1.65. The molecule has 2 heterocycles. The van der Waals surface area contributed by atoms with Gasteiger partial charge in [-0.25, -0.2) is 4.98 Å². The smallest absolute Gasteiger partial charge is 0.201 e. The molecule has 0 amide bonds. The number of aromatic nitrogens is 2. The summed E-state index contributed by atoms with van der Waals surface area (Å²) in [5.41, 5.74) is 7.89. The molecule has 1 aromatic carbocycles. The number of benzene rings is 1. The van der Waals surface area contributed by atoms with Gasteiger partial charge in [0, 0.05) is 9.75 Å². The van der Waals surface area contributed by atoms with Crippen molar-refractivity contribution >= 4 is 28.3 Å². The number of thiophene rings is 1. The fourth-order valence-corrected chi connectivity index (χ4v) is 3.27. The fourth-order valence-electron chi connectivity index (χ4n) is 2.32. The van der Waals surface area contributed by atoms with E-state index in [0.717, 1.165) is 29.7 Å². The fraction of sp³-hybridized carbons (Fsp3) is 0.267. The minimum Gasteiger partial charge on any atom is -0.494 e. The maximum absolute atomic E-state index is 6.06. The van der Waals surface area contributed by atoms with Crippen molar-refractivity contribution in [3.8, 4) is 5.75 Å². The molecule has 0 aliphatic rings. The maximum atomic E-state index is 6.06. The second kappa shape index (κ2) is 5.17. The van der Waals surface area contributed by atoms with Gasteiger partial charge in [0.05, 0.1) is 19.2 Å². The number of ether oxygens (including phenoxy) is 1. The van der Waals surface area contributed by atoms with Crippen LogP contribution in [0.4, 0.5) is 5.95 Å². The van der Waals surface area contributed by atoms with Gasteiger partial charge in [-0.05, 0) is 30.7 Å². The summed E-state index contributed by atoms with van der Waals surface area (Å²) in [5.74, 6) is 1.28. The lowest BCUT2D eigenvalue weighted by Crippen LogP contribution is -2.03. The van der Waals surface area contributed by atoms with Gasteiger partial charge in [-0.2, -0.15) is 0 Å². The third-order valence-electron chi connectivity index (χ3n) is 3.37. The lowest BCUT2D eigenvalue weighted by molar-refractivity contribution is 0.419. The van der Waals surface area contributed by atoms with Gasteiger partial charge in [0.1, 0.15) is 11.3 Å². The molecule has 2 aromatic heterocycles. The average Bonchev–Trinajstić information content (AvgIpc) is 3.04. The number of methoxy groups -OCH3 is 1. The van der Waals surface area contributed by atoms with Crippen LogP contribution >= 0.6 is 11.3 Å². The van der Waals surface area contributed by atoms with E-state index in [9.17, 15) is 0 Å². The van der Waals surface area contributed by atoms with Crippen molar-refractivity contribution in [3.63, 3.8) is 0 Å². The number of fused-ring (bicyclic) bond motifs is 1. The summed E-state index contributed by atoms with van der Waals surface area (Å²) < 4.78 is 7.37. The molecule has 3 rings (SSSR count). The average molecular weight is 287 g/mol. The zero-order valence-electron chi connectivity index (χ0n) is 11.6. The van der Waals surface area contributed by atoms with Crippen LogP contribution in [0.1, 0.15) is 16.7 Å². The molecule has 0 aliphatic carbocycles. The summed E-state index contributed by atoms with van der Waals surface area (Å²) in [6.45, 7) is 2.92. The number of nitrogen functional groups attached to an aromatic ring is 1. The zero-order valence-corrected chi connectivity index (χ0v) is 12.4. The van der Waals surface area contributed by atoms with E-state index in [4.69, 9.17) is 10.5 Å². The van der Waals surface area contributed by atoms with Crippen molar-refractivity contribution in [2.24, 2.45) is 0 Å². The van der Waals surface area contributed by atoms with Crippen LogP contribution in [0, 0.1) is 0 Å². The lowest BCUT2D eigenvalue weighted by Gasteiger charge is -2.05. The van der Waals surface area contributed by atoms with Crippen LogP contribution in [-0.4, -0.2) is 16.7 Å². The number of hydrogen-bond acceptors (Lipinski definition) is 4. The Balaban J connectivity index is 2.04. The molecule has 0 bridgehead atoms. The van der Waals surface area contributed by atoms with Crippen LogP contribution in [0.2, 0.25) is 0 Å². The van der Waals surface area contributed by atoms with Gasteiger partial charge >= 0.3 is 0 Å². The number of imidazole rings is 1. The normalized spacial score (nSPS) is 11.1. The van der Waals surface area contributed by atoms with Gasteiger partial charge in [-0.15, -0.1) is 11.3 Å². The van der Waals surface area contributed by atoms with Gasteiger partial charge in [0.15, 0.2) is 0 Å². The van der Waals surface area contributed by atoms with Crippen LogP contribution < -0.4 is 10.5 Å². The standard InChI is InChI=1S/C15H17N3OS/c1-3-10-7-8-11(20-10)9-18-12-5-4-6-13(19-2)14(12)17-15(18)16/h4-8H,3,9H2,1-2H3,(H2,16,17). The Morgan fingerprint density at radius 2 is 2.05 bits per heavy atom. The van der Waals surface area contributed by atoms with E-state index in [0.29, 0.717) is 5.95 Å². The van der Waals surface area contributed by atoms with Crippen molar-refractivity contribution < 1.29 is 4.74 Å². The van der Waals surface area contributed by atoms with Crippen LogP contribution in [0.3, 0.4) is 0 Å². The first kappa shape index (κ1) is 13.0. The first-order valence-electron chi connectivity index (χ1n) is 6.59. The van der Waals surface area contributed by atoms with E-state index in [1.54, 1.807) is 7.11 Å². The Bertz CT molecular complexity index is 745. The van der Waals surface area contributed by atoms with Gasteiger partial charge < -0.3 is 15.0 Å². The number of rotatable bonds is 4. The summed E-state index contributed by atoms with van der Waals surface area (Å²) in [5, 5.41) is 0. The first-order chi connectivity index (χ1) is 9.72. The molecule has 20 heavy (non-hydrogen) atoms. The zero-order chi connectivity index (χ0) is 14.1. The number of nitrogens with zero attached hydrogens (tertiary/aromatic N) is 2. The highest BCUT2D eigenvalue weighted by Gasteiger charge is 2.12. The van der Waals surface area contributed by atoms with Gasteiger partial charge in [-0.3, -0.25) is 0 Å². The molecule has 0 radical (unpaired) electrons. The molecule has 0 fully saturated rings. The summed E-state index contributed by atoms with van der Waals surface area (Å²) >= 11 is 1.82. The van der Waals surface area contributed by atoms with E-state index in [1.165, 1.54) is 9.75 Å². The van der Waals surface area contributed by atoms with E-state index >= 15 is 0 Å². The van der Waals surface area contributed by atoms with Gasteiger partial charge in [0.2, 0.25) is 5.95 Å². The largest absolute Gasteiger partial charge is 0.494 e. The quantitative estimate of drug-likeness (QED) is 0.801. The monoisotopic (exact) mass is 287 g/mol. The molecule has 3 aromatic rings. The highest BCUT2D eigenvalue weighted by molar-refractivity contribution is 7.11. The number of anilines is 1. The highest BCUT2D eigenvalue weighted by Crippen LogP contribution is 2.28. The highest BCUT2D eigenvalue weighted by atomic mass is 32.1. The van der Waals surface area contributed by atoms with Crippen molar-refractivity contribution in [2.45, 2.75) is 19.9 Å². The topological polar surface area (TPSA) is 53.1 Å². The van der Waals surface area contributed by atoms with Crippen molar-refractivity contribution in [1.29, 1.82) is 0 Å². The Morgan fingerprint density at radius 1 is 1.25 bits per heavy atom. The van der Waals surface area contributed by atoms with Crippen LogP contribution in [0.5, 0.6) is 5.75 Å². The van der Waals surface area contributed by atoms with Crippen LogP contribution in [0.15, 0.2) is 30.3 Å². The molecular weight excluding hydrogens is 270 g/mol. The van der Waals surface area contributed by atoms with E-state index < -0.39 is 0 Å². The number of para-hydroxylation sites is 1. The molecule has 0 saturated heterocycles. The molecule has 0 aliphatic heterocycles. The minimum absolute atomic E-state index is 0.524. The molecule has 5 heteroatoms. The van der Waals surface area contributed by atoms with Crippen molar-refractivity contribution in [2.75, 3.05) is 12.8 Å². The van der Waals surface area contributed by atoms with Crippen molar-refractivity contribution in [1.82, 2.24) is 9.55 Å².